The summed E-state index contributed by atoms with van der Waals surface area (Å²) in [6.07, 6.45) is 5.95. The molecule has 2 fully saturated rings. The minimum absolute atomic E-state index is 0.567. The summed E-state index contributed by atoms with van der Waals surface area (Å²) < 4.78 is 0. The fourth-order valence-electron chi connectivity index (χ4n) is 3.54. The van der Waals surface area contributed by atoms with Gasteiger partial charge in [-0.25, -0.2) is 9.97 Å². The van der Waals surface area contributed by atoms with Gasteiger partial charge in [0.05, 0.1) is 5.39 Å². The Bertz CT molecular complexity index is 605. The second-order valence-electron chi connectivity index (χ2n) is 5.68. The summed E-state index contributed by atoms with van der Waals surface area (Å²) in [5.41, 5.74) is 2.23. The lowest BCUT2D eigenvalue weighted by atomic mass is 9.71. The van der Waals surface area contributed by atoms with Crippen molar-refractivity contribution in [2.24, 2.45) is 11.8 Å². The van der Waals surface area contributed by atoms with Crippen LogP contribution in [0.1, 0.15) is 18.9 Å². The summed E-state index contributed by atoms with van der Waals surface area (Å²) in [6.45, 7) is 4.50. The van der Waals surface area contributed by atoms with Gasteiger partial charge in [0.25, 0.3) is 0 Å². The van der Waals surface area contributed by atoms with Crippen molar-refractivity contribution in [2.45, 2.75) is 25.8 Å². The minimum Gasteiger partial charge on any atom is -0.366 e. The summed E-state index contributed by atoms with van der Waals surface area (Å²) in [4.78, 5) is 12.0. The highest BCUT2D eigenvalue weighted by atomic mass is 15.1. The number of H-pyrrole nitrogens is 1. The van der Waals surface area contributed by atoms with Gasteiger partial charge in [0, 0.05) is 18.8 Å². The number of nitrogens with zero attached hydrogens (tertiary/aromatic N) is 2. The van der Waals surface area contributed by atoms with Gasteiger partial charge in [-0.05, 0) is 36.8 Å². The van der Waals surface area contributed by atoms with Crippen LogP contribution in [0.4, 0.5) is 5.82 Å². The first kappa shape index (κ1) is 11.2. The summed E-state index contributed by atoms with van der Waals surface area (Å²) >= 11 is 0. The summed E-state index contributed by atoms with van der Waals surface area (Å²) in [5, 5.41) is 8.28. The molecule has 4 rings (SSSR count). The van der Waals surface area contributed by atoms with Crippen LogP contribution in [-0.4, -0.2) is 34.1 Å². The molecule has 0 bridgehead atoms. The topological polar surface area (TPSA) is 65.6 Å². The number of rotatable bonds is 3. The first-order chi connectivity index (χ1) is 9.36. The molecule has 3 heterocycles. The Morgan fingerprint density at radius 3 is 3.16 bits per heavy atom. The van der Waals surface area contributed by atoms with Gasteiger partial charge in [0.15, 0.2) is 0 Å². The van der Waals surface area contributed by atoms with Gasteiger partial charge in [0.2, 0.25) is 0 Å². The van der Waals surface area contributed by atoms with Crippen LogP contribution in [0, 0.1) is 11.8 Å². The Labute approximate surface area is 112 Å². The number of aromatic nitrogens is 3. The molecule has 0 aromatic carbocycles. The molecule has 5 heteroatoms. The molecule has 5 nitrogen and oxygen atoms in total. The molecule has 0 amide bonds. The maximum absolute atomic E-state index is 4.46. The van der Waals surface area contributed by atoms with Gasteiger partial charge in [-0.1, -0.05) is 6.92 Å². The van der Waals surface area contributed by atoms with Crippen molar-refractivity contribution in [3.05, 3.63) is 18.1 Å². The van der Waals surface area contributed by atoms with E-state index in [1.807, 2.05) is 6.20 Å². The van der Waals surface area contributed by atoms with Crippen molar-refractivity contribution in [1.82, 2.24) is 20.3 Å². The Hall–Kier alpha value is -1.62. The molecular formula is C14H19N5. The highest BCUT2D eigenvalue weighted by Gasteiger charge is 2.44. The zero-order valence-electron chi connectivity index (χ0n) is 11.1. The molecule has 2 aliphatic rings. The normalized spacial score (nSPS) is 29.2. The van der Waals surface area contributed by atoms with Crippen molar-refractivity contribution < 1.29 is 0 Å². The van der Waals surface area contributed by atoms with Gasteiger partial charge < -0.3 is 15.6 Å². The Morgan fingerprint density at radius 1 is 1.37 bits per heavy atom. The van der Waals surface area contributed by atoms with E-state index in [0.29, 0.717) is 6.04 Å². The van der Waals surface area contributed by atoms with E-state index in [4.69, 9.17) is 0 Å². The molecular weight excluding hydrogens is 238 g/mol. The third-order valence-corrected chi connectivity index (χ3v) is 4.72. The molecule has 1 saturated heterocycles. The van der Waals surface area contributed by atoms with E-state index < -0.39 is 0 Å². The van der Waals surface area contributed by atoms with Crippen LogP contribution in [0.5, 0.6) is 0 Å². The Morgan fingerprint density at radius 2 is 2.32 bits per heavy atom. The second-order valence-corrected chi connectivity index (χ2v) is 5.68. The summed E-state index contributed by atoms with van der Waals surface area (Å²) in [7, 11) is 0. The number of anilines is 1. The van der Waals surface area contributed by atoms with E-state index in [0.717, 1.165) is 36.3 Å². The number of aromatic amines is 1. The molecule has 3 unspecified atom stereocenters. The van der Waals surface area contributed by atoms with Crippen LogP contribution in [0.15, 0.2) is 12.5 Å². The van der Waals surface area contributed by atoms with E-state index in [9.17, 15) is 0 Å². The maximum Gasteiger partial charge on any atom is 0.143 e. The highest BCUT2D eigenvalue weighted by Crippen LogP contribution is 2.39. The van der Waals surface area contributed by atoms with Crippen LogP contribution >= 0.6 is 0 Å². The van der Waals surface area contributed by atoms with Crippen LogP contribution < -0.4 is 10.6 Å². The standard InChI is InChI=1S/C14H19N5/c1-2-8-5-16-13-12(8)14(18-7-17-13)19-11-3-9-4-15-6-10(9)11/h5,7,9-11,15H,2-4,6H2,1H3,(H2,16,17,18,19). The predicted octanol–water partition coefficient (Wildman–Crippen LogP) is 1.54. The largest absolute Gasteiger partial charge is 0.366 e. The fraction of sp³-hybridized carbons (Fsp3) is 0.571. The highest BCUT2D eigenvalue weighted by molar-refractivity contribution is 5.90. The molecule has 0 spiro atoms. The van der Waals surface area contributed by atoms with Gasteiger partial charge in [-0.3, -0.25) is 0 Å². The van der Waals surface area contributed by atoms with Gasteiger partial charge in [-0.2, -0.15) is 0 Å². The molecule has 2 aromatic rings. The molecule has 1 saturated carbocycles. The summed E-state index contributed by atoms with van der Waals surface area (Å²) in [6, 6.07) is 0.567. The smallest absolute Gasteiger partial charge is 0.143 e. The Kier molecular flexibility index (Phi) is 2.48. The van der Waals surface area contributed by atoms with Crippen molar-refractivity contribution in [3.63, 3.8) is 0 Å². The van der Waals surface area contributed by atoms with Crippen LogP contribution in [0.2, 0.25) is 0 Å². The van der Waals surface area contributed by atoms with Crippen molar-refractivity contribution in [2.75, 3.05) is 18.4 Å². The van der Waals surface area contributed by atoms with Crippen molar-refractivity contribution >= 4 is 16.9 Å². The summed E-state index contributed by atoms with van der Waals surface area (Å²) in [5.74, 6) is 2.64. The number of fused-ring (bicyclic) bond motifs is 2. The van der Waals surface area contributed by atoms with Crippen LogP contribution in [0.25, 0.3) is 11.0 Å². The van der Waals surface area contributed by atoms with E-state index in [2.05, 4.69) is 32.5 Å². The lowest BCUT2D eigenvalue weighted by molar-refractivity contribution is 0.211. The lowest BCUT2D eigenvalue weighted by Gasteiger charge is -2.40. The second kappa shape index (κ2) is 4.20. The number of hydrogen-bond acceptors (Lipinski definition) is 4. The monoisotopic (exact) mass is 257 g/mol. The van der Waals surface area contributed by atoms with Gasteiger partial charge >= 0.3 is 0 Å². The first-order valence-electron chi connectivity index (χ1n) is 7.15. The molecule has 3 atom stereocenters. The molecule has 2 aromatic heterocycles. The average Bonchev–Trinajstić information content (AvgIpc) is 2.99. The third kappa shape index (κ3) is 1.64. The van der Waals surface area contributed by atoms with E-state index in [1.165, 1.54) is 23.9 Å². The lowest BCUT2D eigenvalue weighted by Crippen LogP contribution is -2.45. The van der Waals surface area contributed by atoms with Crippen LogP contribution in [0.3, 0.4) is 0 Å². The van der Waals surface area contributed by atoms with Crippen LogP contribution in [-0.2, 0) is 6.42 Å². The molecule has 19 heavy (non-hydrogen) atoms. The number of hydrogen-bond donors (Lipinski definition) is 3. The zero-order valence-corrected chi connectivity index (χ0v) is 11.1. The van der Waals surface area contributed by atoms with E-state index >= 15 is 0 Å². The molecule has 3 N–H and O–H groups in total. The van der Waals surface area contributed by atoms with E-state index in [1.54, 1.807) is 6.33 Å². The predicted molar refractivity (Wildman–Crippen MR) is 75.1 cm³/mol. The third-order valence-electron chi connectivity index (χ3n) is 4.72. The number of aryl methyl sites for hydroxylation is 1. The number of nitrogens with one attached hydrogen (secondary N) is 3. The van der Waals surface area contributed by atoms with Gasteiger partial charge in [-0.15, -0.1) is 0 Å². The van der Waals surface area contributed by atoms with Gasteiger partial charge in [0.1, 0.15) is 17.8 Å². The average molecular weight is 257 g/mol. The molecule has 0 radical (unpaired) electrons. The fourth-order valence-corrected chi connectivity index (χ4v) is 3.54. The molecule has 1 aliphatic heterocycles. The Balaban J connectivity index is 1.65. The maximum atomic E-state index is 4.46. The quantitative estimate of drug-likeness (QED) is 0.780. The first-order valence-corrected chi connectivity index (χ1v) is 7.15. The van der Waals surface area contributed by atoms with Crippen molar-refractivity contribution in [1.29, 1.82) is 0 Å². The molecule has 1 aliphatic carbocycles. The minimum atomic E-state index is 0.567. The van der Waals surface area contributed by atoms with Crippen molar-refractivity contribution in [3.8, 4) is 0 Å². The molecule has 100 valence electrons. The van der Waals surface area contributed by atoms with E-state index in [-0.39, 0.29) is 0 Å². The zero-order chi connectivity index (χ0) is 12.8. The SMILES string of the molecule is CCc1c[nH]c2ncnc(NC3CC4CNCC43)c12.